The van der Waals surface area contributed by atoms with Gasteiger partial charge in [-0.2, -0.15) is 5.10 Å². The minimum Gasteiger partial charge on any atom is -0.461 e. The zero-order chi connectivity index (χ0) is 20.1. The van der Waals surface area contributed by atoms with Crippen LogP contribution in [0, 0.1) is 0 Å². The fourth-order valence-corrected chi connectivity index (χ4v) is 4.92. The summed E-state index contributed by atoms with van der Waals surface area (Å²) in [6, 6.07) is 24.1. The molecule has 4 nitrogen and oxygen atoms in total. The molecule has 0 saturated carbocycles. The van der Waals surface area contributed by atoms with Gasteiger partial charge >= 0.3 is 0 Å². The Morgan fingerprint density at radius 1 is 0.967 bits per heavy atom. The highest BCUT2D eigenvalue weighted by molar-refractivity contribution is 7.12. The SMILES string of the molecule is Clc1ccc(-c2ccc([C@H]3Oc4ccccc4[C@H]4CC(c5cccs5)=NN43)o2)cc1. The van der Waals surface area contributed by atoms with Crippen molar-refractivity contribution in [2.45, 2.75) is 18.7 Å². The van der Waals surface area contributed by atoms with E-state index in [1.165, 1.54) is 4.88 Å². The van der Waals surface area contributed by atoms with Crippen molar-refractivity contribution in [2.24, 2.45) is 5.10 Å². The smallest absolute Gasteiger partial charge is 0.246 e. The minimum atomic E-state index is -0.414. The zero-order valence-electron chi connectivity index (χ0n) is 15.9. The van der Waals surface area contributed by atoms with E-state index in [1.807, 2.05) is 53.5 Å². The van der Waals surface area contributed by atoms with Gasteiger partial charge in [0.15, 0.2) is 5.76 Å². The van der Waals surface area contributed by atoms with Gasteiger partial charge in [0.2, 0.25) is 6.23 Å². The third-order valence-corrected chi connectivity index (χ3v) is 6.67. The number of hydrazone groups is 1. The molecule has 2 aromatic heterocycles. The third-order valence-electron chi connectivity index (χ3n) is 5.50. The highest BCUT2D eigenvalue weighted by Gasteiger charge is 2.42. The lowest BCUT2D eigenvalue weighted by molar-refractivity contribution is -0.0321. The third kappa shape index (κ3) is 2.93. The maximum absolute atomic E-state index is 6.37. The second-order valence-corrected chi connectivity index (χ2v) is 8.73. The van der Waals surface area contributed by atoms with Gasteiger partial charge in [0, 0.05) is 22.6 Å². The molecule has 0 N–H and O–H groups in total. The Hall–Kier alpha value is -3.02. The first-order valence-electron chi connectivity index (χ1n) is 9.77. The Balaban J connectivity index is 1.40. The molecule has 2 aliphatic rings. The van der Waals surface area contributed by atoms with Crippen LogP contribution in [0.3, 0.4) is 0 Å². The molecule has 0 spiro atoms. The normalized spacial score (nSPS) is 19.8. The van der Waals surface area contributed by atoms with Crippen LogP contribution in [0.4, 0.5) is 0 Å². The average molecular weight is 433 g/mol. The lowest BCUT2D eigenvalue weighted by Crippen LogP contribution is -2.33. The molecule has 0 saturated heterocycles. The molecule has 0 radical (unpaired) electrons. The fourth-order valence-electron chi connectivity index (χ4n) is 4.07. The number of hydrogen-bond acceptors (Lipinski definition) is 5. The van der Waals surface area contributed by atoms with Crippen molar-refractivity contribution in [1.29, 1.82) is 0 Å². The van der Waals surface area contributed by atoms with Gasteiger partial charge in [0.25, 0.3) is 0 Å². The highest BCUT2D eigenvalue weighted by Crippen LogP contribution is 2.48. The number of rotatable bonds is 3. The second-order valence-electron chi connectivity index (χ2n) is 7.34. The molecule has 0 aliphatic carbocycles. The van der Waals surface area contributed by atoms with E-state index < -0.39 is 6.23 Å². The van der Waals surface area contributed by atoms with E-state index in [0.717, 1.165) is 40.5 Å². The standard InChI is InChI=1S/C24H17ClN2O2S/c25-16-9-7-15(8-10-16)20-11-12-22(28-20)24-27-19(17-4-1-2-5-21(17)29-24)14-18(26-27)23-6-3-13-30-23/h1-13,19,24H,14H2/t19-,24-/m1/s1. The summed E-state index contributed by atoms with van der Waals surface area (Å²) >= 11 is 7.73. The topological polar surface area (TPSA) is 38.0 Å². The van der Waals surface area contributed by atoms with Crippen molar-refractivity contribution in [3.63, 3.8) is 0 Å². The van der Waals surface area contributed by atoms with Crippen LogP contribution in [0.15, 0.2) is 87.7 Å². The average Bonchev–Trinajstić information content (AvgIpc) is 3.54. The van der Waals surface area contributed by atoms with Gasteiger partial charge in [-0.15, -0.1) is 11.3 Å². The molecule has 148 valence electrons. The number of fused-ring (bicyclic) bond motifs is 3. The van der Waals surface area contributed by atoms with Crippen LogP contribution in [0.25, 0.3) is 11.3 Å². The van der Waals surface area contributed by atoms with E-state index in [9.17, 15) is 0 Å². The molecule has 30 heavy (non-hydrogen) atoms. The molecular weight excluding hydrogens is 416 g/mol. The van der Waals surface area contributed by atoms with Crippen LogP contribution in [-0.2, 0) is 0 Å². The van der Waals surface area contributed by atoms with Crippen molar-refractivity contribution >= 4 is 28.6 Å². The molecule has 4 aromatic rings. The molecule has 2 aromatic carbocycles. The number of thiophene rings is 1. The summed E-state index contributed by atoms with van der Waals surface area (Å²) in [6.45, 7) is 0. The summed E-state index contributed by atoms with van der Waals surface area (Å²) in [7, 11) is 0. The number of nitrogens with zero attached hydrogens (tertiary/aromatic N) is 2. The van der Waals surface area contributed by atoms with Gasteiger partial charge in [-0.3, -0.25) is 0 Å². The monoisotopic (exact) mass is 432 g/mol. The van der Waals surface area contributed by atoms with Crippen molar-refractivity contribution in [1.82, 2.24) is 5.01 Å². The Morgan fingerprint density at radius 2 is 1.83 bits per heavy atom. The van der Waals surface area contributed by atoms with Crippen LogP contribution in [0.1, 0.15) is 34.9 Å². The predicted octanol–water partition coefficient (Wildman–Crippen LogP) is 6.90. The van der Waals surface area contributed by atoms with Crippen molar-refractivity contribution < 1.29 is 9.15 Å². The Bertz CT molecular complexity index is 1230. The van der Waals surface area contributed by atoms with Gasteiger partial charge < -0.3 is 9.15 Å². The minimum absolute atomic E-state index is 0.126. The Kier molecular flexibility index (Phi) is 4.18. The molecule has 0 amide bonds. The van der Waals surface area contributed by atoms with E-state index in [4.69, 9.17) is 25.9 Å². The van der Waals surface area contributed by atoms with Gasteiger partial charge in [-0.05, 0) is 53.9 Å². The Morgan fingerprint density at radius 3 is 2.67 bits per heavy atom. The van der Waals surface area contributed by atoms with Crippen LogP contribution >= 0.6 is 22.9 Å². The lowest BCUT2D eigenvalue weighted by Gasteiger charge is -2.36. The molecule has 0 bridgehead atoms. The Labute approximate surface area is 183 Å². The molecule has 2 atom stereocenters. The number of benzene rings is 2. The summed E-state index contributed by atoms with van der Waals surface area (Å²) in [5.74, 6) is 2.40. The number of furan rings is 1. The first kappa shape index (κ1) is 17.8. The van der Waals surface area contributed by atoms with Crippen molar-refractivity contribution in [3.05, 3.63) is 99.4 Å². The van der Waals surface area contributed by atoms with Gasteiger partial charge in [0.05, 0.1) is 16.6 Å². The van der Waals surface area contributed by atoms with E-state index in [1.54, 1.807) is 11.3 Å². The van der Waals surface area contributed by atoms with E-state index >= 15 is 0 Å². The van der Waals surface area contributed by atoms with Crippen LogP contribution in [0.2, 0.25) is 5.02 Å². The van der Waals surface area contributed by atoms with Gasteiger partial charge in [-0.25, -0.2) is 5.01 Å². The second kappa shape index (κ2) is 7.04. The number of para-hydroxylation sites is 1. The maximum Gasteiger partial charge on any atom is 0.246 e. The summed E-state index contributed by atoms with van der Waals surface area (Å²) < 4.78 is 12.6. The molecule has 0 unspecified atom stereocenters. The molecule has 6 heteroatoms. The van der Waals surface area contributed by atoms with Gasteiger partial charge in [-0.1, -0.05) is 35.9 Å². The molecule has 6 rings (SSSR count). The highest BCUT2D eigenvalue weighted by atomic mass is 35.5. The lowest BCUT2D eigenvalue weighted by atomic mass is 9.98. The summed E-state index contributed by atoms with van der Waals surface area (Å²) in [5, 5.41) is 9.79. The first-order valence-corrected chi connectivity index (χ1v) is 11.0. The molecule has 0 fully saturated rings. The number of halogens is 1. The van der Waals surface area contributed by atoms with E-state index in [-0.39, 0.29) is 6.04 Å². The quantitative estimate of drug-likeness (QED) is 0.353. The van der Waals surface area contributed by atoms with E-state index in [0.29, 0.717) is 5.02 Å². The summed E-state index contributed by atoms with van der Waals surface area (Å²) in [6.07, 6.45) is 0.436. The van der Waals surface area contributed by atoms with Crippen LogP contribution < -0.4 is 4.74 Å². The zero-order valence-corrected chi connectivity index (χ0v) is 17.4. The van der Waals surface area contributed by atoms with Crippen molar-refractivity contribution in [2.75, 3.05) is 0 Å². The first-order chi connectivity index (χ1) is 14.8. The molecular formula is C24H17ClN2O2S. The summed E-state index contributed by atoms with van der Waals surface area (Å²) in [4.78, 5) is 1.20. The molecule has 2 aliphatic heterocycles. The van der Waals surface area contributed by atoms with Crippen LogP contribution in [0.5, 0.6) is 5.75 Å². The molecule has 4 heterocycles. The predicted molar refractivity (Wildman–Crippen MR) is 119 cm³/mol. The van der Waals surface area contributed by atoms with Gasteiger partial charge in [0.1, 0.15) is 11.5 Å². The number of ether oxygens (including phenoxy) is 1. The number of hydrogen-bond donors (Lipinski definition) is 0. The summed E-state index contributed by atoms with van der Waals surface area (Å²) in [5.41, 5.74) is 3.22. The van der Waals surface area contributed by atoms with Crippen LogP contribution in [-0.4, -0.2) is 10.7 Å². The maximum atomic E-state index is 6.37. The largest absolute Gasteiger partial charge is 0.461 e. The fraction of sp³-hybridized carbons (Fsp3) is 0.125. The van der Waals surface area contributed by atoms with Crippen molar-refractivity contribution in [3.8, 4) is 17.1 Å². The van der Waals surface area contributed by atoms with E-state index in [2.05, 4.69) is 29.6 Å².